The second kappa shape index (κ2) is 8.48. The number of unbranched alkanes of at least 4 members (excludes halogenated alkanes) is 2. The van der Waals surface area contributed by atoms with Crippen molar-refractivity contribution in [1.82, 2.24) is 10.6 Å². The Bertz CT molecular complexity index is 213. The van der Waals surface area contributed by atoms with Gasteiger partial charge >= 0.3 is 0 Å². The summed E-state index contributed by atoms with van der Waals surface area (Å²) in [6.07, 6.45) is 5.37. The molecule has 2 atom stereocenters. The van der Waals surface area contributed by atoms with Gasteiger partial charge < -0.3 is 15.4 Å². The van der Waals surface area contributed by atoms with Crippen LogP contribution in [0.4, 0.5) is 0 Å². The Hall–Kier alpha value is -0.610. The van der Waals surface area contributed by atoms with Crippen LogP contribution in [0.2, 0.25) is 0 Å². The molecule has 0 radical (unpaired) electrons. The minimum atomic E-state index is 0.171. The summed E-state index contributed by atoms with van der Waals surface area (Å²) in [6, 6.07) is 0.563. The van der Waals surface area contributed by atoms with Crippen molar-refractivity contribution in [3.63, 3.8) is 0 Å². The van der Waals surface area contributed by atoms with E-state index in [1.54, 1.807) is 7.11 Å². The van der Waals surface area contributed by atoms with Gasteiger partial charge in [0.25, 0.3) is 0 Å². The van der Waals surface area contributed by atoms with Crippen molar-refractivity contribution in [3.8, 4) is 0 Å². The number of amides is 1. The van der Waals surface area contributed by atoms with Crippen molar-refractivity contribution in [2.24, 2.45) is 5.92 Å². The molecule has 2 unspecified atom stereocenters. The maximum Gasteiger partial charge on any atom is 0.224 e. The zero-order valence-corrected chi connectivity index (χ0v) is 11.1. The Morgan fingerprint density at radius 3 is 2.82 bits per heavy atom. The lowest BCUT2D eigenvalue weighted by atomic mass is 9.95. The SMILES string of the molecule is COCCCCCNC(=O)C1CCC(C)NC1. The smallest absolute Gasteiger partial charge is 0.224 e. The third kappa shape index (κ3) is 6.03. The van der Waals surface area contributed by atoms with E-state index in [0.29, 0.717) is 6.04 Å². The second-order valence-corrected chi connectivity index (χ2v) is 4.93. The van der Waals surface area contributed by atoms with Gasteiger partial charge in [-0.25, -0.2) is 0 Å². The first-order chi connectivity index (χ1) is 8.24. The molecule has 4 nitrogen and oxygen atoms in total. The van der Waals surface area contributed by atoms with Crippen LogP contribution < -0.4 is 10.6 Å². The summed E-state index contributed by atoms with van der Waals surface area (Å²) in [5.74, 6) is 0.390. The van der Waals surface area contributed by atoms with Crippen LogP contribution in [0.25, 0.3) is 0 Å². The number of carbonyl (C=O) groups is 1. The van der Waals surface area contributed by atoms with Crippen molar-refractivity contribution < 1.29 is 9.53 Å². The van der Waals surface area contributed by atoms with Gasteiger partial charge in [-0.2, -0.15) is 0 Å². The van der Waals surface area contributed by atoms with Crippen molar-refractivity contribution in [1.29, 1.82) is 0 Å². The molecule has 1 rings (SSSR count). The lowest BCUT2D eigenvalue weighted by molar-refractivity contribution is -0.125. The minimum Gasteiger partial charge on any atom is -0.385 e. The molecule has 0 aliphatic carbocycles. The first-order valence-electron chi connectivity index (χ1n) is 6.74. The normalized spacial score (nSPS) is 24.6. The van der Waals surface area contributed by atoms with Gasteiger partial charge in [0.05, 0.1) is 5.92 Å². The molecule has 2 N–H and O–H groups in total. The lowest BCUT2D eigenvalue weighted by Crippen LogP contribution is -2.44. The summed E-state index contributed by atoms with van der Waals surface area (Å²) in [7, 11) is 1.72. The van der Waals surface area contributed by atoms with E-state index in [9.17, 15) is 4.79 Å². The van der Waals surface area contributed by atoms with Gasteiger partial charge in [0.15, 0.2) is 0 Å². The third-order valence-electron chi connectivity index (χ3n) is 3.36. The summed E-state index contributed by atoms with van der Waals surface area (Å²) in [6.45, 7) is 4.62. The first kappa shape index (κ1) is 14.5. The molecule has 0 bridgehead atoms. The number of hydrogen-bond donors (Lipinski definition) is 2. The van der Waals surface area contributed by atoms with Gasteiger partial charge in [-0.05, 0) is 39.0 Å². The van der Waals surface area contributed by atoms with Crippen LogP contribution in [0.1, 0.15) is 39.0 Å². The predicted molar refractivity (Wildman–Crippen MR) is 68.9 cm³/mol. The molecular weight excluding hydrogens is 216 g/mol. The number of nitrogens with one attached hydrogen (secondary N) is 2. The van der Waals surface area contributed by atoms with Crippen molar-refractivity contribution in [3.05, 3.63) is 0 Å². The summed E-state index contributed by atoms with van der Waals surface area (Å²) < 4.78 is 4.98. The van der Waals surface area contributed by atoms with Crippen LogP contribution in [-0.2, 0) is 9.53 Å². The second-order valence-electron chi connectivity index (χ2n) is 4.93. The molecule has 0 aromatic rings. The summed E-state index contributed by atoms with van der Waals surface area (Å²) in [4.78, 5) is 11.8. The van der Waals surface area contributed by atoms with E-state index in [0.717, 1.165) is 51.8 Å². The van der Waals surface area contributed by atoms with Gasteiger partial charge in [-0.3, -0.25) is 4.79 Å². The number of ether oxygens (including phenoxy) is 1. The maximum atomic E-state index is 11.8. The summed E-state index contributed by atoms with van der Waals surface area (Å²) in [5, 5.41) is 6.38. The molecule has 1 aliphatic rings. The van der Waals surface area contributed by atoms with Crippen molar-refractivity contribution in [2.75, 3.05) is 26.8 Å². The highest BCUT2D eigenvalue weighted by Gasteiger charge is 2.23. The van der Waals surface area contributed by atoms with Crippen LogP contribution in [0.15, 0.2) is 0 Å². The molecule has 1 heterocycles. The van der Waals surface area contributed by atoms with E-state index < -0.39 is 0 Å². The number of carbonyl (C=O) groups excluding carboxylic acids is 1. The molecule has 1 amide bonds. The Morgan fingerprint density at radius 2 is 2.18 bits per heavy atom. The summed E-state index contributed by atoms with van der Waals surface area (Å²) >= 11 is 0. The van der Waals surface area contributed by atoms with Crippen molar-refractivity contribution in [2.45, 2.75) is 45.1 Å². The Kier molecular flexibility index (Phi) is 7.21. The van der Waals surface area contributed by atoms with Crippen LogP contribution in [0.3, 0.4) is 0 Å². The minimum absolute atomic E-state index is 0.171. The highest BCUT2D eigenvalue weighted by Crippen LogP contribution is 2.13. The monoisotopic (exact) mass is 242 g/mol. The van der Waals surface area contributed by atoms with E-state index in [-0.39, 0.29) is 11.8 Å². The van der Waals surface area contributed by atoms with E-state index in [4.69, 9.17) is 4.74 Å². The average molecular weight is 242 g/mol. The topological polar surface area (TPSA) is 50.4 Å². The number of hydrogen-bond acceptors (Lipinski definition) is 3. The highest BCUT2D eigenvalue weighted by molar-refractivity contribution is 5.78. The molecule has 1 saturated heterocycles. The number of methoxy groups -OCH3 is 1. The van der Waals surface area contributed by atoms with Gasteiger partial charge in [0.1, 0.15) is 0 Å². The van der Waals surface area contributed by atoms with E-state index in [1.807, 2.05) is 0 Å². The zero-order chi connectivity index (χ0) is 12.5. The fourth-order valence-corrected chi connectivity index (χ4v) is 2.13. The molecule has 0 aromatic carbocycles. The van der Waals surface area contributed by atoms with E-state index >= 15 is 0 Å². The van der Waals surface area contributed by atoms with Crippen LogP contribution in [-0.4, -0.2) is 38.8 Å². The lowest BCUT2D eigenvalue weighted by Gasteiger charge is -2.26. The molecule has 1 fully saturated rings. The van der Waals surface area contributed by atoms with E-state index in [1.165, 1.54) is 0 Å². The van der Waals surface area contributed by atoms with Crippen molar-refractivity contribution >= 4 is 5.91 Å². The Morgan fingerprint density at radius 1 is 1.35 bits per heavy atom. The first-order valence-corrected chi connectivity index (χ1v) is 6.74. The fourth-order valence-electron chi connectivity index (χ4n) is 2.13. The largest absolute Gasteiger partial charge is 0.385 e. The molecule has 1 aliphatic heterocycles. The molecule has 100 valence electrons. The highest BCUT2D eigenvalue weighted by atomic mass is 16.5. The quantitative estimate of drug-likeness (QED) is 0.662. The fraction of sp³-hybridized carbons (Fsp3) is 0.923. The summed E-state index contributed by atoms with van der Waals surface area (Å²) in [5.41, 5.74) is 0. The molecule has 0 aromatic heterocycles. The van der Waals surface area contributed by atoms with Gasteiger partial charge in [0.2, 0.25) is 5.91 Å². The van der Waals surface area contributed by atoms with Gasteiger partial charge in [-0.1, -0.05) is 0 Å². The Balaban J connectivity index is 2.01. The number of rotatable bonds is 7. The molecule has 0 saturated carbocycles. The zero-order valence-electron chi connectivity index (χ0n) is 11.1. The van der Waals surface area contributed by atoms with Crippen LogP contribution in [0.5, 0.6) is 0 Å². The van der Waals surface area contributed by atoms with Crippen LogP contribution >= 0.6 is 0 Å². The Labute approximate surface area is 104 Å². The van der Waals surface area contributed by atoms with Gasteiger partial charge in [0, 0.05) is 32.8 Å². The third-order valence-corrected chi connectivity index (χ3v) is 3.36. The molecule has 0 spiro atoms. The van der Waals surface area contributed by atoms with Gasteiger partial charge in [-0.15, -0.1) is 0 Å². The van der Waals surface area contributed by atoms with E-state index in [2.05, 4.69) is 17.6 Å². The molecule has 4 heteroatoms. The predicted octanol–water partition coefficient (Wildman–Crippen LogP) is 1.31. The van der Waals surface area contributed by atoms with Crippen LogP contribution in [0, 0.1) is 5.92 Å². The number of piperidine rings is 1. The maximum absolute atomic E-state index is 11.8. The average Bonchev–Trinajstić information content (AvgIpc) is 2.34. The molecular formula is C13H26N2O2. The molecule has 17 heavy (non-hydrogen) atoms. The standard InChI is InChI=1S/C13H26N2O2/c1-11-6-7-12(10-15-11)13(16)14-8-4-3-5-9-17-2/h11-12,15H,3-10H2,1-2H3,(H,14,16).